The minimum absolute atomic E-state index is 0. The first-order valence-corrected chi connectivity index (χ1v) is 46.1. The molecule has 0 aromatic heterocycles. The lowest BCUT2D eigenvalue weighted by Gasteiger charge is -2.31. The highest BCUT2D eigenvalue weighted by molar-refractivity contribution is 5.98. The second-order valence-corrected chi connectivity index (χ2v) is 34.5. The molecule has 16 atom stereocenters. The maximum atomic E-state index is 14.3. The molecule has 0 spiro atoms. The van der Waals surface area contributed by atoms with Crippen LogP contribution >= 0.6 is 49.6 Å². The normalized spacial score (nSPS) is 21.2. The fourth-order valence-corrected chi connectivity index (χ4v) is 18.9. The van der Waals surface area contributed by atoms with Crippen molar-refractivity contribution in [3.8, 4) is 47.4 Å². The third kappa shape index (κ3) is 28.7. The molecule has 131 heavy (non-hydrogen) atoms. The summed E-state index contributed by atoms with van der Waals surface area (Å²) in [4.78, 5) is 171. The van der Waals surface area contributed by atoms with Gasteiger partial charge in [-0.15, -0.1) is 49.6 Å². The van der Waals surface area contributed by atoms with E-state index >= 15 is 0 Å². The van der Waals surface area contributed by atoms with Gasteiger partial charge >= 0.3 is 0 Å². The maximum absolute atomic E-state index is 14.3. The molecule has 0 radical (unpaired) electrons. The van der Waals surface area contributed by atoms with Gasteiger partial charge in [-0.3, -0.25) is 57.5 Å². The van der Waals surface area contributed by atoms with Crippen molar-refractivity contribution >= 4 is 121 Å². The number of halogens is 4. The Morgan fingerprint density at radius 3 is 0.802 bits per heavy atom. The molecule has 0 bridgehead atoms. The van der Waals surface area contributed by atoms with Gasteiger partial charge in [-0.1, -0.05) is 141 Å². The Morgan fingerprint density at radius 1 is 0.321 bits per heavy atom. The van der Waals surface area contributed by atoms with E-state index < -0.39 is 84.3 Å². The van der Waals surface area contributed by atoms with Crippen molar-refractivity contribution in [2.75, 3.05) is 54.4 Å². The standard InChI is InChI=1S/C50H66N8O6.C49H64N8O6.4ClH/c1-5-18-40(52-4)46(60)56-42(50(64)58-32-17-30-44(58)48(62)54-39-28-15-22-35-20-11-13-24-37(35)39)26-9-7-6-8-25-41(55-45(59)33(2)51-3)49(63)57-31-16-29-43(57)47(61)53-38-27-14-21-34-19-10-12-23-36(34)38;1-5-37(51-4)45(59)55-41(49(63)57-31-17-29-43(57)47(61)53-39-27-15-21-34-19-11-13-23-36(34)39)25-9-7-6-8-24-40(54-44(58)32(2)50-3)48(62)56-30-16-28-42(56)46(60)52-38-26-14-20-33-18-10-12-22-35(33)38;;;;/h10-13,19-20,23-24,33,38-44,51-52H,5,14-18,21-22,25-32H2,1-4H3,(H,53,61)(H,54,62)(H,55,59)(H,56,60);10-13,18-19,22-23,32,37-43,50-51H,5,14-17,20-21,24-31H2,1-4H3,(H,52,60)(H,53,61)(H,54,58)(H,55,59);4*1H/t33-,38+,39+,40-,41-,42-,43-,44-;32-,37-,38+,39+,40-,41-,42-,43-;;;;/m00..../s1. The average Bonchev–Trinajstić information content (AvgIpc) is 1.70. The lowest BCUT2D eigenvalue weighted by Crippen LogP contribution is -2.56. The molecule has 4 aromatic rings. The molecule has 4 aliphatic carbocycles. The zero-order valence-corrected chi connectivity index (χ0v) is 80.0. The van der Waals surface area contributed by atoms with Gasteiger partial charge in [0.1, 0.15) is 48.3 Å². The zero-order valence-electron chi connectivity index (χ0n) is 76.7. The zero-order chi connectivity index (χ0) is 90.5. The fraction of sp³-hybridized carbons (Fsp3) is 0.556. The predicted molar refractivity (Wildman–Crippen MR) is 514 cm³/mol. The van der Waals surface area contributed by atoms with Crippen molar-refractivity contribution < 1.29 is 57.5 Å². The Balaban J connectivity index is 0.000000348. The summed E-state index contributed by atoms with van der Waals surface area (Å²) in [6, 6.07) is 23.0. The number of rotatable bonds is 31. The van der Waals surface area contributed by atoms with Crippen molar-refractivity contribution in [2.24, 2.45) is 0 Å². The number of likely N-dealkylation sites (tertiary alicyclic amines) is 4. The van der Waals surface area contributed by atoms with Crippen molar-refractivity contribution in [1.82, 2.24) is 83.4 Å². The summed E-state index contributed by atoms with van der Waals surface area (Å²) in [5.74, 6) is 19.0. The van der Waals surface area contributed by atoms with E-state index in [1.165, 1.54) is 22.3 Å². The molecular formula is C99H134Cl4N16O12. The summed E-state index contributed by atoms with van der Waals surface area (Å²) in [7, 11) is 6.68. The molecule has 4 aliphatic heterocycles. The van der Waals surface area contributed by atoms with Gasteiger partial charge in [0, 0.05) is 51.9 Å². The second kappa shape index (κ2) is 54.1. The lowest BCUT2D eigenvalue weighted by atomic mass is 9.87. The van der Waals surface area contributed by atoms with Crippen LogP contribution < -0.4 is 63.8 Å². The number of hydrogen-bond donors (Lipinski definition) is 12. The van der Waals surface area contributed by atoms with E-state index in [1.54, 1.807) is 61.6 Å². The minimum Gasteiger partial charge on any atom is -0.347 e. The highest BCUT2D eigenvalue weighted by Crippen LogP contribution is 2.36. The van der Waals surface area contributed by atoms with Crippen molar-refractivity contribution in [1.29, 1.82) is 0 Å². The summed E-state index contributed by atoms with van der Waals surface area (Å²) in [5, 5.41) is 36.1. The van der Waals surface area contributed by atoms with E-state index in [1.807, 2.05) is 68.4 Å². The van der Waals surface area contributed by atoms with Gasteiger partial charge in [-0.2, -0.15) is 0 Å². The SMILES string of the molecule is CCC[C@H](NC)C(=O)N[C@@H](CC#CC#CC[C@H](NC(=O)[C@H](C)NC)C(=O)N1CCC[C@H]1C(=O)N[C@@H]1CCCc2ccccc21)C(=O)N1CCC[C@H]1C(=O)N[C@@H]1CCCc2ccccc21.CC[C@H](NC)C(=O)N[C@@H](CC#CC#CC[C@H](NC(=O)[C@H](C)NC)C(=O)N1CCC[C@H]1C(=O)N[C@@H]1CCCc2ccccc21)C(=O)N1CCC[C@H]1C(=O)N[C@@H]1CCCc2ccccc21.Cl.Cl.Cl.Cl. The lowest BCUT2D eigenvalue weighted by molar-refractivity contribution is -0.141. The first kappa shape index (κ1) is 108. The number of hydrogen-bond acceptors (Lipinski definition) is 16. The maximum Gasteiger partial charge on any atom is 0.246 e. The summed E-state index contributed by atoms with van der Waals surface area (Å²) in [6.07, 6.45) is 17.2. The van der Waals surface area contributed by atoms with Gasteiger partial charge in [-0.05, 0) is 251 Å². The Morgan fingerprint density at radius 2 is 0.565 bits per heavy atom. The summed E-state index contributed by atoms with van der Waals surface area (Å²) >= 11 is 0. The van der Waals surface area contributed by atoms with Crippen LogP contribution in [0.3, 0.4) is 0 Å². The van der Waals surface area contributed by atoms with Crippen LogP contribution in [0.15, 0.2) is 97.1 Å². The topological polar surface area (TPSA) is 362 Å². The number of benzene rings is 4. The molecule has 4 aromatic carbocycles. The number of nitrogens with one attached hydrogen (secondary N) is 12. The predicted octanol–water partition coefficient (Wildman–Crippen LogP) is 7.51. The highest BCUT2D eigenvalue weighted by atomic mass is 35.5. The van der Waals surface area contributed by atoms with Gasteiger partial charge in [0.15, 0.2) is 0 Å². The number of likely N-dealkylation sites (N-methyl/N-ethyl adjacent to an activating group) is 4. The molecule has 32 heteroatoms. The molecular weight excluding hydrogens is 1750 g/mol. The van der Waals surface area contributed by atoms with Gasteiger partial charge in [0.2, 0.25) is 70.9 Å². The molecule has 12 N–H and O–H groups in total. The molecule has 4 heterocycles. The van der Waals surface area contributed by atoms with Crippen molar-refractivity contribution in [3.63, 3.8) is 0 Å². The molecule has 28 nitrogen and oxygen atoms in total. The van der Waals surface area contributed by atoms with Crippen LogP contribution in [-0.4, -0.2) is 217 Å². The number of nitrogens with zero attached hydrogens (tertiary/aromatic N) is 4. The van der Waals surface area contributed by atoms with E-state index in [0.29, 0.717) is 90.4 Å². The number of aryl methyl sites for hydroxylation is 4. The minimum atomic E-state index is -1.03. The highest BCUT2D eigenvalue weighted by Gasteiger charge is 2.45. The van der Waals surface area contributed by atoms with Gasteiger partial charge in [0.05, 0.1) is 48.3 Å². The number of carbonyl (C=O) groups excluding carboxylic acids is 12. The van der Waals surface area contributed by atoms with E-state index in [2.05, 4.69) is 154 Å². The Kier molecular flexibility index (Phi) is 44.5. The van der Waals surface area contributed by atoms with Crippen LogP contribution in [0.1, 0.15) is 244 Å². The van der Waals surface area contributed by atoms with E-state index in [0.717, 1.165) is 106 Å². The first-order chi connectivity index (χ1) is 61.6. The van der Waals surface area contributed by atoms with Crippen LogP contribution in [0.4, 0.5) is 0 Å². The third-order valence-electron chi connectivity index (χ3n) is 26.2. The largest absolute Gasteiger partial charge is 0.347 e. The summed E-state index contributed by atoms with van der Waals surface area (Å²) < 4.78 is 0. The molecule has 0 saturated carbocycles. The van der Waals surface area contributed by atoms with E-state index in [-0.39, 0.29) is 159 Å². The fourth-order valence-electron chi connectivity index (χ4n) is 18.9. The number of carbonyl (C=O) groups is 12. The van der Waals surface area contributed by atoms with E-state index in [4.69, 9.17) is 0 Å². The first-order valence-electron chi connectivity index (χ1n) is 46.1. The second-order valence-electron chi connectivity index (χ2n) is 34.5. The third-order valence-corrected chi connectivity index (χ3v) is 26.2. The summed E-state index contributed by atoms with van der Waals surface area (Å²) in [6.45, 7) is 8.72. The van der Waals surface area contributed by atoms with Gasteiger partial charge in [-0.25, -0.2) is 0 Å². The Labute approximate surface area is 797 Å². The van der Waals surface area contributed by atoms with Crippen LogP contribution in [0.25, 0.3) is 0 Å². The molecule has 4 saturated heterocycles. The Bertz CT molecular complexity index is 4880. The summed E-state index contributed by atoms with van der Waals surface area (Å²) in [5.41, 5.74) is 9.36. The Hall–Kier alpha value is -10.2. The quantitative estimate of drug-likeness (QED) is 0.0217. The monoisotopic (exact) mass is 1880 g/mol. The van der Waals surface area contributed by atoms with Crippen LogP contribution in [-0.2, 0) is 83.2 Å². The molecule has 710 valence electrons. The molecule has 12 rings (SSSR count). The smallest absolute Gasteiger partial charge is 0.246 e. The number of amides is 12. The van der Waals surface area contributed by atoms with Crippen LogP contribution in [0.2, 0.25) is 0 Å². The molecule has 12 amide bonds. The average molecular weight is 1880 g/mol. The van der Waals surface area contributed by atoms with Gasteiger partial charge in [0.25, 0.3) is 0 Å². The molecule has 8 aliphatic rings. The van der Waals surface area contributed by atoms with Gasteiger partial charge < -0.3 is 83.4 Å². The van der Waals surface area contributed by atoms with Crippen molar-refractivity contribution in [2.45, 2.75) is 298 Å². The molecule has 4 fully saturated rings. The molecule has 0 unspecified atom stereocenters. The van der Waals surface area contributed by atoms with Crippen LogP contribution in [0.5, 0.6) is 0 Å². The van der Waals surface area contributed by atoms with Crippen LogP contribution in [0, 0.1) is 47.4 Å². The van der Waals surface area contributed by atoms with Crippen molar-refractivity contribution in [3.05, 3.63) is 142 Å². The number of fused-ring (bicyclic) bond motifs is 4. The van der Waals surface area contributed by atoms with E-state index in [9.17, 15) is 57.5 Å².